The lowest BCUT2D eigenvalue weighted by molar-refractivity contribution is -0.247. The number of ketones is 2. The number of benzene rings is 2. The van der Waals surface area contributed by atoms with Crippen LogP contribution < -0.4 is 0 Å². The zero-order valence-electron chi connectivity index (χ0n) is 31.9. The fourth-order valence-electron chi connectivity index (χ4n) is 9.71. The van der Waals surface area contributed by atoms with Crippen molar-refractivity contribution in [3.63, 3.8) is 0 Å². The van der Waals surface area contributed by atoms with Gasteiger partial charge in [0.25, 0.3) is 0 Å². The molecule has 0 aromatic heterocycles. The van der Waals surface area contributed by atoms with E-state index >= 15 is 0 Å². The molecular weight excluding hydrogens is 760 g/mol. The number of ether oxygens (including phenoxy) is 4. The van der Waals surface area contributed by atoms with Crippen molar-refractivity contribution in [2.45, 2.75) is 51.1 Å². The van der Waals surface area contributed by atoms with E-state index < -0.39 is 100 Å². The van der Waals surface area contributed by atoms with E-state index in [1.165, 1.54) is 64.1 Å². The molecule has 0 amide bonds. The number of aliphatic hydroxyl groups excluding tert-OH is 2. The Morgan fingerprint density at radius 3 is 1.95 bits per heavy atom. The molecule has 0 unspecified atom stereocenters. The summed E-state index contributed by atoms with van der Waals surface area (Å²) < 4.78 is 24.1. The van der Waals surface area contributed by atoms with Gasteiger partial charge in [-0.2, -0.15) is 0 Å². The van der Waals surface area contributed by atoms with Crippen LogP contribution in [-0.4, -0.2) is 114 Å². The molecular formula is C42H44O16. The molecule has 0 saturated heterocycles. The van der Waals surface area contributed by atoms with E-state index in [2.05, 4.69) is 0 Å². The predicted molar refractivity (Wildman–Crippen MR) is 198 cm³/mol. The lowest BCUT2D eigenvalue weighted by atomic mass is 9.36. The van der Waals surface area contributed by atoms with Gasteiger partial charge >= 0.3 is 11.9 Å². The highest BCUT2D eigenvalue weighted by atomic mass is 16.6. The number of carbonyl (C=O) groups is 4. The highest BCUT2D eigenvalue weighted by molar-refractivity contribution is 6.01. The van der Waals surface area contributed by atoms with Crippen LogP contribution in [0.25, 0.3) is 0 Å². The van der Waals surface area contributed by atoms with Gasteiger partial charge in [0, 0.05) is 47.8 Å². The van der Waals surface area contributed by atoms with Gasteiger partial charge in [-0.15, -0.1) is 0 Å². The number of aromatic hydroxyl groups is 4. The van der Waals surface area contributed by atoms with Crippen LogP contribution >= 0.6 is 0 Å². The quantitative estimate of drug-likeness (QED) is 0.177. The van der Waals surface area contributed by atoms with Crippen molar-refractivity contribution in [1.82, 2.24) is 0 Å². The van der Waals surface area contributed by atoms with Crippen molar-refractivity contribution in [3.05, 3.63) is 94.0 Å². The monoisotopic (exact) mass is 804 g/mol. The molecule has 0 bridgehead atoms. The van der Waals surface area contributed by atoms with Crippen molar-refractivity contribution in [2.24, 2.45) is 35.0 Å². The van der Waals surface area contributed by atoms with Gasteiger partial charge in [-0.25, -0.2) is 9.59 Å². The summed E-state index contributed by atoms with van der Waals surface area (Å²) in [4.78, 5) is 55.2. The molecule has 2 heterocycles. The average molecular weight is 805 g/mol. The third kappa shape index (κ3) is 6.13. The molecule has 16 nitrogen and oxygen atoms in total. The molecule has 308 valence electrons. The number of aliphatic hydroxyl groups is 4. The minimum absolute atomic E-state index is 0.151. The van der Waals surface area contributed by atoms with Gasteiger partial charge in [-0.05, 0) is 80.8 Å². The van der Waals surface area contributed by atoms with Crippen LogP contribution in [0.15, 0.2) is 71.7 Å². The summed E-state index contributed by atoms with van der Waals surface area (Å²) in [5, 5.41) is 84.5. The van der Waals surface area contributed by atoms with Crippen LogP contribution in [-0.2, 0) is 28.5 Å². The van der Waals surface area contributed by atoms with E-state index in [9.17, 15) is 60.0 Å². The van der Waals surface area contributed by atoms with Crippen molar-refractivity contribution in [1.29, 1.82) is 0 Å². The molecule has 2 aromatic rings. The Morgan fingerprint density at radius 1 is 0.810 bits per heavy atom. The molecule has 8 N–H and O–H groups in total. The van der Waals surface area contributed by atoms with Crippen LogP contribution in [0, 0.1) is 48.9 Å². The standard InChI is InChI=1S/C42H44O16/c1-18-8-21(45)12-27(47)31(18)38(51)57-36-25-16-56-29(10-20(25)11-30(49)40(36,3)53)33-24(15-44)34-35(50)41(4,54)37(26-17-55-23(6-5-7-43)14-42(26,33)34)58-39(52)32-19(2)9-22(46)13-28(32)48/h5-6,8-14,24-26,33-34,36-37,43-48,53-54H,7,15-17H2,1-4H3/b6-5+/t24-,25+,26-,33+,34-,36-,37-,40+,41+,42-/m0/s1. The molecule has 10 atom stereocenters. The number of hydrogen-bond acceptors (Lipinski definition) is 16. The third-order valence-electron chi connectivity index (χ3n) is 12.4. The second-order valence-corrected chi connectivity index (χ2v) is 15.9. The number of carbonyl (C=O) groups excluding carboxylic acids is 4. The highest BCUT2D eigenvalue weighted by Gasteiger charge is 2.77. The maximum absolute atomic E-state index is 14.5. The Morgan fingerprint density at radius 2 is 1.40 bits per heavy atom. The van der Waals surface area contributed by atoms with Gasteiger partial charge in [0.05, 0.1) is 25.7 Å². The van der Waals surface area contributed by atoms with Gasteiger partial charge in [0.1, 0.15) is 57.9 Å². The van der Waals surface area contributed by atoms with Gasteiger partial charge < -0.3 is 59.8 Å². The van der Waals surface area contributed by atoms with E-state index in [-0.39, 0.29) is 70.7 Å². The normalized spacial score (nSPS) is 33.9. The van der Waals surface area contributed by atoms with Crippen LogP contribution in [0.1, 0.15) is 45.7 Å². The summed E-state index contributed by atoms with van der Waals surface area (Å²) in [7, 11) is 0. The summed E-state index contributed by atoms with van der Waals surface area (Å²) in [5.41, 5.74) is -5.96. The average Bonchev–Trinajstić information content (AvgIpc) is 3.12. The first-order valence-electron chi connectivity index (χ1n) is 18.6. The Kier molecular flexibility index (Phi) is 9.99. The summed E-state index contributed by atoms with van der Waals surface area (Å²) in [6, 6.07) is 4.35. The SMILES string of the molecule is Cc1cc(O)cc(O)c1C(=O)O[C@H]1[C@@H]2COC([C@H]3[C@H](CO)[C@H]4C(=O)[C@@](C)(O)[C@@H](OC(=O)c5c(C)cc(O)cc5O)[C@@H]5COC(/C=C/CO)=C[C@]453)=CC2=CC(=O)[C@@]1(C)O. The topological polar surface area (TPSA) is 267 Å². The maximum atomic E-state index is 14.5. The first-order valence-corrected chi connectivity index (χ1v) is 18.6. The van der Waals surface area contributed by atoms with E-state index in [1.54, 1.807) is 6.08 Å². The Labute approximate surface area is 331 Å². The summed E-state index contributed by atoms with van der Waals surface area (Å²) in [6.07, 6.45) is 4.04. The van der Waals surface area contributed by atoms with Gasteiger partial charge in [-0.3, -0.25) is 9.59 Å². The van der Waals surface area contributed by atoms with Gasteiger partial charge in [-0.1, -0.05) is 6.08 Å². The number of phenols is 4. The van der Waals surface area contributed by atoms with Crippen molar-refractivity contribution in [3.8, 4) is 23.0 Å². The Bertz CT molecular complexity index is 2180. The Hall–Kier alpha value is -5.68. The van der Waals surface area contributed by atoms with E-state index in [0.717, 1.165) is 12.1 Å². The molecule has 58 heavy (non-hydrogen) atoms. The summed E-state index contributed by atoms with van der Waals surface area (Å²) in [6.45, 7) is 3.84. The Balaban J connectivity index is 1.30. The zero-order valence-corrected chi connectivity index (χ0v) is 31.9. The van der Waals surface area contributed by atoms with Crippen molar-refractivity contribution in [2.75, 3.05) is 26.4 Å². The second-order valence-electron chi connectivity index (χ2n) is 15.9. The number of esters is 2. The third-order valence-corrected chi connectivity index (χ3v) is 12.4. The number of allylic oxidation sites excluding steroid dienone is 4. The number of phenolic OH excluding ortho intramolecular Hbond substituents is 4. The number of fused-ring (bicyclic) bond motifs is 1. The van der Waals surface area contributed by atoms with Gasteiger partial charge in [0.2, 0.25) is 0 Å². The molecule has 3 aliphatic carbocycles. The minimum atomic E-state index is -2.33. The highest BCUT2D eigenvalue weighted by Crippen LogP contribution is 2.70. The van der Waals surface area contributed by atoms with Crippen LogP contribution in [0.5, 0.6) is 23.0 Å². The minimum Gasteiger partial charge on any atom is -0.508 e. The number of aryl methyl sites for hydroxylation is 2. The van der Waals surface area contributed by atoms with Gasteiger partial charge in [0.15, 0.2) is 22.8 Å². The first-order chi connectivity index (χ1) is 27.3. The largest absolute Gasteiger partial charge is 0.508 e. The molecule has 5 aliphatic rings. The maximum Gasteiger partial charge on any atom is 0.342 e. The molecule has 2 fully saturated rings. The lowest BCUT2D eigenvalue weighted by Crippen LogP contribution is -2.77. The second kappa shape index (κ2) is 14.3. The smallest absolute Gasteiger partial charge is 0.342 e. The lowest BCUT2D eigenvalue weighted by Gasteiger charge is -2.68. The fourth-order valence-corrected chi connectivity index (χ4v) is 9.71. The van der Waals surface area contributed by atoms with Crippen LogP contribution in [0.3, 0.4) is 0 Å². The molecule has 2 aliphatic heterocycles. The fraction of sp³-hybridized carbons (Fsp3) is 0.429. The zero-order chi connectivity index (χ0) is 42.2. The van der Waals surface area contributed by atoms with Crippen LogP contribution in [0.2, 0.25) is 0 Å². The molecule has 16 heteroatoms. The number of rotatable bonds is 8. The first kappa shape index (κ1) is 40.5. The van der Waals surface area contributed by atoms with Crippen LogP contribution in [0.4, 0.5) is 0 Å². The molecule has 2 aromatic carbocycles. The molecule has 2 saturated carbocycles. The molecule has 0 radical (unpaired) electrons. The summed E-state index contributed by atoms with van der Waals surface area (Å²) in [5.74, 6) is -9.95. The molecule has 1 spiro atoms. The number of hydrogen-bond donors (Lipinski definition) is 8. The van der Waals surface area contributed by atoms with E-state index in [0.29, 0.717) is 0 Å². The van der Waals surface area contributed by atoms with Crippen molar-refractivity contribution < 1.29 is 79.0 Å². The van der Waals surface area contributed by atoms with E-state index in [1.807, 2.05) is 0 Å². The van der Waals surface area contributed by atoms with Crippen molar-refractivity contribution >= 4 is 23.5 Å². The summed E-state index contributed by atoms with van der Waals surface area (Å²) >= 11 is 0. The molecule has 7 rings (SSSR count). The predicted octanol–water partition coefficient (Wildman–Crippen LogP) is 1.92. The van der Waals surface area contributed by atoms with E-state index in [4.69, 9.17) is 18.9 Å². The number of Topliss-reactive ketones (excluding diaryl/α,β-unsaturated/α-hetero) is 1.